The van der Waals surface area contributed by atoms with E-state index in [1.54, 1.807) is 0 Å². The van der Waals surface area contributed by atoms with Crippen LogP contribution in [0.5, 0.6) is 0 Å². The first-order chi connectivity index (χ1) is 7.33. The minimum atomic E-state index is 0.722. The molecule has 80 valence electrons. The predicted octanol–water partition coefficient (Wildman–Crippen LogP) is 1.19. The molecule has 0 saturated carbocycles. The number of aryl methyl sites for hydroxylation is 1. The molecule has 2 aliphatic rings. The van der Waals surface area contributed by atoms with Crippen LogP contribution in [0, 0.1) is 12.8 Å². The molecule has 2 saturated heterocycles. The standard InChI is InChI=1S/C12H17N3/c1-9-4-11(7-13-5-9)15-3-2-10-6-14-12(10)8-15/h4-5,7,10,12,14H,2-3,6,8H2,1H3/t10-,12-/m0/s1. The molecule has 1 aromatic rings. The summed E-state index contributed by atoms with van der Waals surface area (Å²) in [6.07, 6.45) is 5.22. The Kier molecular flexibility index (Phi) is 2.13. The summed E-state index contributed by atoms with van der Waals surface area (Å²) in [6.45, 7) is 5.67. The number of hydrogen-bond donors (Lipinski definition) is 1. The zero-order valence-corrected chi connectivity index (χ0v) is 9.11. The number of anilines is 1. The maximum atomic E-state index is 4.26. The van der Waals surface area contributed by atoms with Crippen LogP contribution in [0.25, 0.3) is 0 Å². The van der Waals surface area contributed by atoms with Gasteiger partial charge in [-0.05, 0) is 37.4 Å². The fourth-order valence-corrected chi connectivity index (χ4v) is 2.56. The molecule has 3 nitrogen and oxygen atoms in total. The number of hydrogen-bond acceptors (Lipinski definition) is 3. The lowest BCUT2D eigenvalue weighted by atomic mass is 9.85. The molecule has 2 aliphatic heterocycles. The average Bonchev–Trinajstić information content (AvgIpc) is 2.20. The van der Waals surface area contributed by atoms with Crippen molar-refractivity contribution in [2.75, 3.05) is 24.5 Å². The lowest BCUT2D eigenvalue weighted by Gasteiger charge is -2.47. The highest BCUT2D eigenvalue weighted by atomic mass is 15.2. The zero-order chi connectivity index (χ0) is 10.3. The summed E-state index contributed by atoms with van der Waals surface area (Å²) < 4.78 is 0. The Bertz CT molecular complexity index is 364. The van der Waals surface area contributed by atoms with Crippen LogP contribution in [0.3, 0.4) is 0 Å². The van der Waals surface area contributed by atoms with Gasteiger partial charge in [-0.1, -0.05) is 0 Å². The maximum absolute atomic E-state index is 4.26. The second-order valence-electron chi connectivity index (χ2n) is 4.73. The highest BCUT2D eigenvalue weighted by Crippen LogP contribution is 2.27. The molecule has 3 heterocycles. The van der Waals surface area contributed by atoms with Gasteiger partial charge >= 0.3 is 0 Å². The molecule has 0 radical (unpaired) electrons. The van der Waals surface area contributed by atoms with Crippen molar-refractivity contribution in [3.8, 4) is 0 Å². The zero-order valence-electron chi connectivity index (χ0n) is 9.11. The van der Waals surface area contributed by atoms with E-state index in [0.717, 1.165) is 18.5 Å². The van der Waals surface area contributed by atoms with Gasteiger partial charge < -0.3 is 10.2 Å². The van der Waals surface area contributed by atoms with Crippen LogP contribution in [-0.4, -0.2) is 30.7 Å². The molecule has 2 atom stereocenters. The summed E-state index contributed by atoms with van der Waals surface area (Å²) in [5.41, 5.74) is 2.53. The van der Waals surface area contributed by atoms with Crippen molar-refractivity contribution in [2.45, 2.75) is 19.4 Å². The van der Waals surface area contributed by atoms with Gasteiger partial charge in [0.05, 0.1) is 11.9 Å². The van der Waals surface area contributed by atoms with Gasteiger partial charge in [-0.3, -0.25) is 4.98 Å². The van der Waals surface area contributed by atoms with Crippen molar-refractivity contribution in [3.63, 3.8) is 0 Å². The number of rotatable bonds is 1. The fraction of sp³-hybridized carbons (Fsp3) is 0.583. The third kappa shape index (κ3) is 1.61. The Morgan fingerprint density at radius 3 is 3.07 bits per heavy atom. The van der Waals surface area contributed by atoms with Crippen LogP contribution in [-0.2, 0) is 0 Å². The summed E-state index contributed by atoms with van der Waals surface area (Å²) >= 11 is 0. The Balaban J connectivity index is 1.77. The Labute approximate surface area is 90.5 Å². The van der Waals surface area contributed by atoms with Gasteiger partial charge in [-0.25, -0.2) is 0 Å². The summed E-state index contributed by atoms with van der Waals surface area (Å²) in [5.74, 6) is 0.930. The Morgan fingerprint density at radius 2 is 2.40 bits per heavy atom. The normalized spacial score (nSPS) is 29.5. The van der Waals surface area contributed by atoms with Crippen molar-refractivity contribution < 1.29 is 0 Å². The molecule has 3 heteroatoms. The first kappa shape index (κ1) is 9.16. The fourth-order valence-electron chi connectivity index (χ4n) is 2.56. The summed E-state index contributed by atoms with van der Waals surface area (Å²) in [5, 5.41) is 3.50. The molecule has 2 fully saturated rings. The molecule has 3 rings (SSSR count). The minimum Gasteiger partial charge on any atom is -0.369 e. The van der Waals surface area contributed by atoms with Crippen LogP contribution < -0.4 is 10.2 Å². The van der Waals surface area contributed by atoms with Gasteiger partial charge in [0.25, 0.3) is 0 Å². The summed E-state index contributed by atoms with van der Waals surface area (Å²) in [4.78, 5) is 6.71. The summed E-state index contributed by atoms with van der Waals surface area (Å²) in [7, 11) is 0. The van der Waals surface area contributed by atoms with Gasteiger partial charge in [0.2, 0.25) is 0 Å². The highest BCUT2D eigenvalue weighted by Gasteiger charge is 2.35. The molecule has 1 N–H and O–H groups in total. The maximum Gasteiger partial charge on any atom is 0.0555 e. The lowest BCUT2D eigenvalue weighted by Crippen LogP contribution is -2.62. The molecule has 0 amide bonds. The van der Waals surface area contributed by atoms with E-state index < -0.39 is 0 Å². The number of piperidine rings is 1. The molecule has 0 aromatic carbocycles. The summed E-state index contributed by atoms with van der Waals surface area (Å²) in [6, 6.07) is 2.95. The van der Waals surface area contributed by atoms with Gasteiger partial charge in [-0.15, -0.1) is 0 Å². The van der Waals surface area contributed by atoms with Crippen LogP contribution in [0.1, 0.15) is 12.0 Å². The van der Waals surface area contributed by atoms with Gasteiger partial charge in [0, 0.05) is 25.3 Å². The van der Waals surface area contributed by atoms with Gasteiger partial charge in [0.1, 0.15) is 0 Å². The third-order valence-corrected chi connectivity index (χ3v) is 3.62. The lowest BCUT2D eigenvalue weighted by molar-refractivity contribution is 0.197. The van der Waals surface area contributed by atoms with Crippen LogP contribution in [0.2, 0.25) is 0 Å². The van der Waals surface area contributed by atoms with Crippen molar-refractivity contribution in [2.24, 2.45) is 5.92 Å². The van der Waals surface area contributed by atoms with E-state index in [9.17, 15) is 0 Å². The number of aromatic nitrogens is 1. The van der Waals surface area contributed by atoms with E-state index >= 15 is 0 Å². The van der Waals surface area contributed by atoms with Crippen LogP contribution in [0.4, 0.5) is 5.69 Å². The minimum absolute atomic E-state index is 0.722. The van der Waals surface area contributed by atoms with Crippen molar-refractivity contribution in [1.82, 2.24) is 10.3 Å². The van der Waals surface area contributed by atoms with E-state index in [-0.39, 0.29) is 0 Å². The highest BCUT2D eigenvalue weighted by molar-refractivity contribution is 5.46. The molecular formula is C12H17N3. The second-order valence-corrected chi connectivity index (χ2v) is 4.73. The predicted molar refractivity (Wildman–Crippen MR) is 61.1 cm³/mol. The molecule has 0 spiro atoms. The third-order valence-electron chi connectivity index (χ3n) is 3.62. The Hall–Kier alpha value is -1.09. The molecule has 0 bridgehead atoms. The monoisotopic (exact) mass is 203 g/mol. The number of fused-ring (bicyclic) bond motifs is 1. The smallest absolute Gasteiger partial charge is 0.0555 e. The molecular weight excluding hydrogens is 186 g/mol. The SMILES string of the molecule is Cc1cncc(N2CC[C@H]3CN[C@H]3C2)c1. The van der Waals surface area contributed by atoms with E-state index in [2.05, 4.69) is 28.2 Å². The molecule has 15 heavy (non-hydrogen) atoms. The van der Waals surface area contributed by atoms with E-state index in [4.69, 9.17) is 0 Å². The van der Waals surface area contributed by atoms with Crippen molar-refractivity contribution >= 4 is 5.69 Å². The Morgan fingerprint density at radius 1 is 1.47 bits per heavy atom. The van der Waals surface area contributed by atoms with Gasteiger partial charge in [0.15, 0.2) is 0 Å². The first-order valence-electron chi connectivity index (χ1n) is 5.73. The number of nitrogens with one attached hydrogen (secondary N) is 1. The van der Waals surface area contributed by atoms with E-state index in [1.165, 1.54) is 30.8 Å². The largest absolute Gasteiger partial charge is 0.369 e. The van der Waals surface area contributed by atoms with E-state index in [0.29, 0.717) is 0 Å². The van der Waals surface area contributed by atoms with Crippen LogP contribution >= 0.6 is 0 Å². The van der Waals surface area contributed by atoms with Gasteiger partial charge in [-0.2, -0.15) is 0 Å². The quantitative estimate of drug-likeness (QED) is 0.743. The number of nitrogens with zero attached hydrogens (tertiary/aromatic N) is 2. The molecule has 0 unspecified atom stereocenters. The van der Waals surface area contributed by atoms with Crippen molar-refractivity contribution in [3.05, 3.63) is 24.0 Å². The number of pyridine rings is 1. The van der Waals surface area contributed by atoms with Crippen LogP contribution in [0.15, 0.2) is 18.5 Å². The van der Waals surface area contributed by atoms with E-state index in [1.807, 2.05) is 12.4 Å². The second kappa shape index (κ2) is 3.49. The molecule has 0 aliphatic carbocycles. The molecule has 1 aromatic heterocycles. The average molecular weight is 203 g/mol. The topological polar surface area (TPSA) is 28.2 Å². The van der Waals surface area contributed by atoms with Crippen molar-refractivity contribution in [1.29, 1.82) is 0 Å². The first-order valence-corrected chi connectivity index (χ1v) is 5.73.